The van der Waals surface area contributed by atoms with Crippen LogP contribution in [0.4, 0.5) is 35.1 Å². The molecule has 2 aromatic heterocycles. The molecule has 1 N–H and O–H groups in total. The Bertz CT molecular complexity index is 1370. The van der Waals surface area contributed by atoms with E-state index >= 15 is 0 Å². The second-order valence-electron chi connectivity index (χ2n) is 7.10. The van der Waals surface area contributed by atoms with E-state index in [1.165, 1.54) is 6.92 Å². The molecule has 4 rings (SSSR count). The molecular formula is C21H11F8N3O. The Kier molecular flexibility index (Phi) is 5.06. The maximum absolute atomic E-state index is 14.5. The zero-order valence-corrected chi connectivity index (χ0v) is 16.4. The minimum atomic E-state index is -6.04. The summed E-state index contributed by atoms with van der Waals surface area (Å²) >= 11 is 0. The third-order valence-electron chi connectivity index (χ3n) is 4.90. The predicted octanol–water partition coefficient (Wildman–Crippen LogP) is 6.15. The van der Waals surface area contributed by atoms with Crippen LogP contribution in [0.25, 0.3) is 28.2 Å². The quantitative estimate of drug-likeness (QED) is 0.363. The number of hydrogen-bond acceptors (Lipinski definition) is 3. The van der Waals surface area contributed by atoms with E-state index in [4.69, 9.17) is 0 Å². The molecule has 0 saturated heterocycles. The molecule has 0 saturated carbocycles. The van der Waals surface area contributed by atoms with Crippen molar-refractivity contribution in [2.45, 2.75) is 19.0 Å². The molecule has 4 nitrogen and oxygen atoms in total. The van der Waals surface area contributed by atoms with Crippen molar-refractivity contribution in [3.8, 4) is 28.3 Å². The predicted molar refractivity (Wildman–Crippen MR) is 100 cm³/mol. The highest BCUT2D eigenvalue weighted by Gasteiger charge is 2.60. The van der Waals surface area contributed by atoms with E-state index < -0.39 is 46.4 Å². The Morgan fingerprint density at radius 1 is 0.909 bits per heavy atom. The van der Waals surface area contributed by atoms with Crippen LogP contribution in [0.1, 0.15) is 11.3 Å². The lowest BCUT2D eigenvalue weighted by Crippen LogP contribution is -2.34. The first kappa shape index (κ1) is 22.5. The number of nitrogens with zero attached hydrogens (tertiary/aromatic N) is 3. The summed E-state index contributed by atoms with van der Waals surface area (Å²) in [6.07, 6.45) is -3.82. The average Bonchev–Trinajstić information content (AvgIpc) is 3.02. The molecule has 0 bridgehead atoms. The summed E-state index contributed by atoms with van der Waals surface area (Å²) in [5.41, 5.74) is -2.83. The Balaban J connectivity index is 1.92. The van der Waals surface area contributed by atoms with E-state index in [2.05, 4.69) is 9.97 Å². The lowest BCUT2D eigenvalue weighted by atomic mass is 10.0. The van der Waals surface area contributed by atoms with Crippen molar-refractivity contribution < 1.29 is 40.2 Å². The van der Waals surface area contributed by atoms with Crippen molar-refractivity contribution in [1.82, 2.24) is 14.4 Å². The largest absolute Gasteiger partial charge is 0.508 e. The molecule has 33 heavy (non-hydrogen) atoms. The summed E-state index contributed by atoms with van der Waals surface area (Å²) in [5.74, 6) is -10.1. The number of phenols is 1. The molecule has 0 amide bonds. The summed E-state index contributed by atoms with van der Waals surface area (Å²) in [5, 5.41) is 9.38. The smallest absolute Gasteiger partial charge is 0.458 e. The van der Waals surface area contributed by atoms with Gasteiger partial charge in [0, 0.05) is 23.9 Å². The zero-order valence-electron chi connectivity index (χ0n) is 16.4. The highest BCUT2D eigenvalue weighted by atomic mass is 19.4. The second-order valence-corrected chi connectivity index (χ2v) is 7.10. The van der Waals surface area contributed by atoms with Crippen LogP contribution in [0.2, 0.25) is 0 Å². The van der Waals surface area contributed by atoms with Gasteiger partial charge in [-0.3, -0.25) is 9.38 Å². The number of fused-ring (bicyclic) bond motifs is 1. The molecule has 12 heteroatoms. The van der Waals surface area contributed by atoms with E-state index in [-0.39, 0.29) is 28.3 Å². The zero-order chi connectivity index (χ0) is 24.3. The molecule has 0 aliphatic rings. The maximum Gasteiger partial charge on any atom is 0.458 e. The second kappa shape index (κ2) is 7.42. The Hall–Kier alpha value is -3.70. The Morgan fingerprint density at radius 3 is 2.15 bits per heavy atom. The van der Waals surface area contributed by atoms with Gasteiger partial charge in [0.05, 0.1) is 34.4 Å². The third kappa shape index (κ3) is 3.64. The van der Waals surface area contributed by atoms with Crippen LogP contribution in [-0.4, -0.2) is 25.7 Å². The van der Waals surface area contributed by atoms with Gasteiger partial charge in [-0.2, -0.15) is 22.0 Å². The lowest BCUT2D eigenvalue weighted by molar-refractivity contribution is -0.290. The first-order chi connectivity index (χ1) is 15.3. The summed E-state index contributed by atoms with van der Waals surface area (Å²) < 4.78 is 110. The highest BCUT2D eigenvalue weighted by molar-refractivity contribution is 5.70. The number of phenolic OH excluding ortho intramolecular Hbond substituents is 1. The van der Waals surface area contributed by atoms with Gasteiger partial charge in [-0.15, -0.1) is 0 Å². The normalized spacial score (nSPS) is 12.5. The van der Waals surface area contributed by atoms with Crippen LogP contribution < -0.4 is 0 Å². The standard InChI is InChI=1S/C21H11F8N3O/c1-9-19(18-14(23)5-11(33)6-15(18)24)32-8-16(30-7-17(32)31-9)10-2-3-13(22)12(4-10)20(25,26)21(27,28)29/h2-8,33H,1H3. The van der Waals surface area contributed by atoms with Gasteiger partial charge in [-0.05, 0) is 25.1 Å². The number of aromatic hydroxyl groups is 1. The Morgan fingerprint density at radius 2 is 1.55 bits per heavy atom. The van der Waals surface area contributed by atoms with E-state index in [1.807, 2.05) is 0 Å². The van der Waals surface area contributed by atoms with Gasteiger partial charge >= 0.3 is 12.1 Å². The first-order valence-corrected chi connectivity index (χ1v) is 9.09. The highest BCUT2D eigenvalue weighted by Crippen LogP contribution is 2.45. The molecule has 2 aromatic carbocycles. The van der Waals surface area contributed by atoms with Gasteiger partial charge in [0.25, 0.3) is 0 Å². The SMILES string of the molecule is Cc1nc2cnc(-c3ccc(F)c(C(F)(F)C(F)(F)F)c3)cn2c1-c1c(F)cc(O)cc1F. The number of imidazole rings is 1. The number of halogens is 8. The summed E-state index contributed by atoms with van der Waals surface area (Å²) in [6, 6.07) is 3.03. The summed E-state index contributed by atoms with van der Waals surface area (Å²) in [4.78, 5) is 8.05. The average molecular weight is 473 g/mol. The van der Waals surface area contributed by atoms with Gasteiger partial charge in [-0.25, -0.2) is 18.2 Å². The molecule has 2 heterocycles. The molecule has 0 fully saturated rings. The van der Waals surface area contributed by atoms with Crippen LogP contribution in [-0.2, 0) is 5.92 Å². The molecule has 0 aliphatic carbocycles. The number of aryl methyl sites for hydroxylation is 1. The molecule has 0 atom stereocenters. The fraction of sp³-hybridized carbons (Fsp3) is 0.143. The van der Waals surface area contributed by atoms with Crippen LogP contribution in [0, 0.1) is 24.4 Å². The Labute approximate surface area is 179 Å². The van der Waals surface area contributed by atoms with Crippen molar-refractivity contribution in [2.24, 2.45) is 0 Å². The van der Waals surface area contributed by atoms with Crippen molar-refractivity contribution in [2.75, 3.05) is 0 Å². The van der Waals surface area contributed by atoms with Crippen LogP contribution in [0.3, 0.4) is 0 Å². The van der Waals surface area contributed by atoms with Crippen molar-refractivity contribution in [1.29, 1.82) is 0 Å². The fourth-order valence-electron chi connectivity index (χ4n) is 3.39. The molecule has 0 spiro atoms. The lowest BCUT2D eigenvalue weighted by Gasteiger charge is -2.21. The first-order valence-electron chi connectivity index (χ1n) is 9.09. The van der Waals surface area contributed by atoms with Gasteiger partial charge in [-0.1, -0.05) is 0 Å². The van der Waals surface area contributed by atoms with Crippen molar-refractivity contribution >= 4 is 5.65 Å². The number of alkyl halides is 5. The van der Waals surface area contributed by atoms with Gasteiger partial charge in [0.2, 0.25) is 0 Å². The molecule has 0 aliphatic heterocycles. The van der Waals surface area contributed by atoms with Crippen LogP contribution >= 0.6 is 0 Å². The molecule has 172 valence electrons. The summed E-state index contributed by atoms with van der Waals surface area (Å²) in [7, 11) is 0. The topological polar surface area (TPSA) is 50.4 Å². The monoisotopic (exact) mass is 473 g/mol. The maximum atomic E-state index is 14.5. The number of hydrogen-bond donors (Lipinski definition) is 1. The minimum Gasteiger partial charge on any atom is -0.508 e. The molecule has 0 radical (unpaired) electrons. The van der Waals surface area contributed by atoms with Crippen LogP contribution in [0.5, 0.6) is 5.75 Å². The van der Waals surface area contributed by atoms with E-state index in [0.29, 0.717) is 24.3 Å². The van der Waals surface area contributed by atoms with Crippen molar-refractivity contribution in [3.63, 3.8) is 0 Å². The van der Waals surface area contributed by atoms with Gasteiger partial charge < -0.3 is 5.11 Å². The van der Waals surface area contributed by atoms with Crippen molar-refractivity contribution in [3.05, 3.63) is 71.4 Å². The molecular weight excluding hydrogens is 462 g/mol. The minimum absolute atomic E-state index is 0.0843. The van der Waals surface area contributed by atoms with Crippen LogP contribution in [0.15, 0.2) is 42.7 Å². The van der Waals surface area contributed by atoms with E-state index in [0.717, 1.165) is 22.9 Å². The third-order valence-corrected chi connectivity index (χ3v) is 4.90. The number of benzene rings is 2. The van der Waals surface area contributed by atoms with E-state index in [9.17, 15) is 40.2 Å². The van der Waals surface area contributed by atoms with Gasteiger partial charge in [0.15, 0.2) is 5.65 Å². The fourth-order valence-corrected chi connectivity index (χ4v) is 3.39. The van der Waals surface area contributed by atoms with E-state index in [1.54, 1.807) is 0 Å². The number of aromatic nitrogens is 3. The summed E-state index contributed by atoms with van der Waals surface area (Å²) in [6.45, 7) is 1.42. The molecule has 0 unspecified atom stereocenters. The van der Waals surface area contributed by atoms with Gasteiger partial charge in [0.1, 0.15) is 23.2 Å². The molecule has 4 aromatic rings. The number of rotatable bonds is 3.